The average molecular weight is 1120 g/mol. The van der Waals surface area contributed by atoms with Crippen molar-refractivity contribution in [3.05, 3.63) is 12.7 Å². The van der Waals surface area contributed by atoms with Crippen molar-refractivity contribution >= 4 is 132 Å². The van der Waals surface area contributed by atoms with Crippen molar-refractivity contribution in [1.82, 2.24) is 0 Å². The first-order valence-corrected chi connectivity index (χ1v) is 34.3. The molecule has 0 spiro atoms. The summed E-state index contributed by atoms with van der Waals surface area (Å²) in [4.78, 5) is 36.4. The molecular weight excluding hydrogens is 1030 g/mol. The number of carbonyl (C=O) groups excluding carboxylic acids is 3. The van der Waals surface area contributed by atoms with Crippen molar-refractivity contribution in [2.45, 2.75) is 186 Å². The zero-order valence-electron chi connectivity index (χ0n) is 45.2. The van der Waals surface area contributed by atoms with Crippen LogP contribution in [0.3, 0.4) is 0 Å². The molecule has 396 valence electrons. The molecule has 0 radical (unpaired) electrons. The number of fused-ring (bicyclic) bond motifs is 6. The van der Waals surface area contributed by atoms with Gasteiger partial charge in [0.15, 0.2) is 5.99 Å². The summed E-state index contributed by atoms with van der Waals surface area (Å²) in [5.41, 5.74) is 1.35. The van der Waals surface area contributed by atoms with Gasteiger partial charge in [0, 0.05) is 101 Å². The van der Waals surface area contributed by atoms with Gasteiger partial charge in [-0.05, 0) is 91.8 Å². The molecule has 0 aromatic heterocycles. The van der Waals surface area contributed by atoms with Crippen LogP contribution in [0.2, 0.25) is 13.6 Å². The van der Waals surface area contributed by atoms with Crippen LogP contribution in [0.15, 0.2) is 12.7 Å². The van der Waals surface area contributed by atoms with Crippen LogP contribution in [-0.4, -0.2) is 122 Å². The molecule has 0 amide bonds. The zero-order chi connectivity index (χ0) is 51.7. The smallest absolute Gasteiger partial charge is 0.330 e. The first-order valence-electron chi connectivity index (χ1n) is 26.5. The second-order valence-electron chi connectivity index (χ2n) is 23.8. The van der Waals surface area contributed by atoms with Crippen LogP contribution in [0.25, 0.3) is 0 Å². The standard InChI is InChI=1S/C32H52O4S4.C13H20O2.C6H12S4.C2H7BS/c1-29(2)21-7-11-31(29,5)25(15-21)35-27(33)9-13-37-17-23-19-40-24(20-39-23)18-38-14-10-28(34)36-26-16-22-8-12-32(26,6)30(22,3)4;1-5-11(14)15-10-8-9-6-7-13(10,4)12(9,2)3;7-1-5-3-10-6(2-8)4-9-5;1-3(2)4/h21-26H,7-20H2,1-6H3;5,9-10H,1,6-8H2,2-4H3;5-8H,1-4H2;4H,1-2H3/i;;;4D. The van der Waals surface area contributed by atoms with E-state index in [2.05, 4.69) is 118 Å². The summed E-state index contributed by atoms with van der Waals surface area (Å²) in [5.74, 6) is 13.2. The van der Waals surface area contributed by atoms with Crippen LogP contribution in [-0.2, 0) is 28.6 Å². The number of hydrogen-bond donors (Lipinski definition) is 3. The summed E-state index contributed by atoms with van der Waals surface area (Å²) in [5, 5.41) is 2.90. The third-order valence-electron chi connectivity index (χ3n) is 19.1. The quantitative estimate of drug-likeness (QED) is 0.0324. The highest BCUT2D eigenvalue weighted by Crippen LogP contribution is 2.68. The van der Waals surface area contributed by atoms with Gasteiger partial charge >= 0.3 is 17.9 Å². The van der Waals surface area contributed by atoms with Crippen molar-refractivity contribution in [3.63, 3.8) is 0 Å². The van der Waals surface area contributed by atoms with Crippen LogP contribution in [0.4, 0.5) is 0 Å². The first-order chi connectivity index (χ1) is 32.9. The van der Waals surface area contributed by atoms with Crippen molar-refractivity contribution in [2.75, 3.05) is 57.5 Å². The van der Waals surface area contributed by atoms with E-state index in [9.17, 15) is 14.4 Å². The van der Waals surface area contributed by atoms with E-state index in [1.807, 2.05) is 60.7 Å². The van der Waals surface area contributed by atoms with Crippen LogP contribution in [0, 0.1) is 50.2 Å². The lowest BCUT2D eigenvalue weighted by molar-refractivity contribution is -0.157. The van der Waals surface area contributed by atoms with Gasteiger partial charge in [-0.25, -0.2) is 17.2 Å². The Morgan fingerprint density at radius 3 is 1.17 bits per heavy atom. The summed E-state index contributed by atoms with van der Waals surface area (Å²) in [7, 11) is 0. The van der Waals surface area contributed by atoms with E-state index in [0.29, 0.717) is 52.5 Å². The van der Waals surface area contributed by atoms with Gasteiger partial charge in [-0.1, -0.05) is 82.5 Å². The molecule has 16 heteroatoms. The molecule has 69 heavy (non-hydrogen) atoms. The predicted molar refractivity (Wildman–Crippen MR) is 321 cm³/mol. The molecule has 2 aliphatic heterocycles. The number of carbonyl (C=O) groups is 3. The molecule has 13 unspecified atom stereocenters. The topological polar surface area (TPSA) is 78.9 Å². The van der Waals surface area contributed by atoms with Crippen molar-refractivity contribution in [1.29, 1.82) is 1.12 Å². The van der Waals surface area contributed by atoms with Gasteiger partial charge < -0.3 is 14.2 Å². The normalized spacial score (nSPS) is 38.2. The fourth-order valence-electron chi connectivity index (χ4n) is 12.9. The third kappa shape index (κ3) is 14.7. The molecule has 6 aliphatic carbocycles. The predicted octanol–water partition coefficient (Wildman–Crippen LogP) is 14.1. The summed E-state index contributed by atoms with van der Waals surface area (Å²) < 4.78 is 24.1. The summed E-state index contributed by atoms with van der Waals surface area (Å²) in [6, 6.07) is 0. The van der Waals surface area contributed by atoms with Crippen molar-refractivity contribution < 1.29 is 28.6 Å². The van der Waals surface area contributed by atoms with Gasteiger partial charge in [0.25, 0.3) is 0 Å². The van der Waals surface area contributed by atoms with Crippen molar-refractivity contribution in [3.8, 4) is 0 Å². The minimum atomic E-state index is -0.274. The Kier molecular flexibility index (Phi) is 23.0. The first kappa shape index (κ1) is 59.6. The molecule has 6 saturated carbocycles. The lowest BCUT2D eigenvalue weighted by Crippen LogP contribution is -2.38. The minimum absolute atomic E-state index is 0.00207. The number of thioether (sulfide) groups is 6. The second-order valence-corrected chi connectivity index (χ2v) is 33.1. The van der Waals surface area contributed by atoms with E-state index >= 15 is 0 Å². The second kappa shape index (κ2) is 26.6. The van der Waals surface area contributed by atoms with Crippen molar-refractivity contribution in [2.24, 2.45) is 50.2 Å². The SMILES string of the molecule is C=CC(=O)OC1CC2CCC1(C)C2(C)C.CC1(C)C2CCC1(C)C(OC(=O)CCSCC1CSC(CSCCC(=O)OC3CC4CCC3(C)C4(C)C)CS1)C2.SCC1CSC(CS)CS1.[2H]SB(C)C. The number of esters is 3. The van der Waals surface area contributed by atoms with Crippen LogP contribution in [0.1, 0.15) is 133 Å². The number of thiol groups is 3. The van der Waals surface area contributed by atoms with Gasteiger partial charge in [0.2, 0.25) is 0 Å². The average Bonchev–Trinajstić information content (AvgIpc) is 3.98. The molecule has 8 fully saturated rings. The Balaban J connectivity index is 0.000000245. The maximum absolute atomic E-state index is 12.6. The molecule has 2 heterocycles. The molecule has 0 aromatic carbocycles. The van der Waals surface area contributed by atoms with E-state index in [1.165, 1.54) is 67.6 Å². The lowest BCUT2D eigenvalue weighted by atomic mass is 9.70. The van der Waals surface area contributed by atoms with E-state index < -0.39 is 0 Å². The molecule has 6 bridgehead atoms. The van der Waals surface area contributed by atoms with Gasteiger partial charge in [-0.15, -0.1) is 0 Å². The Hall–Kier alpha value is 1.36. The molecular formula is C53H91BO6S9. The Labute approximate surface area is 464 Å². The Morgan fingerprint density at radius 2 is 0.928 bits per heavy atom. The van der Waals surface area contributed by atoms with Crippen LogP contribution in [0.5, 0.6) is 0 Å². The molecule has 13 atom stereocenters. The van der Waals surface area contributed by atoms with E-state index in [1.54, 1.807) is 0 Å². The number of rotatable bonds is 17. The number of ether oxygens (including phenoxy) is 3. The monoisotopic (exact) mass is 1120 g/mol. The third-order valence-corrected chi connectivity index (χ3v) is 29.6. The van der Waals surface area contributed by atoms with Gasteiger partial charge in [0.05, 0.1) is 14.0 Å². The molecule has 2 saturated heterocycles. The molecule has 0 N–H and O–H groups in total. The van der Waals surface area contributed by atoms with E-state index in [4.69, 9.17) is 15.3 Å². The molecule has 6 nitrogen and oxygen atoms in total. The fraction of sp³-hybridized carbons (Fsp3) is 0.906. The van der Waals surface area contributed by atoms with Crippen LogP contribution >= 0.6 is 108 Å². The summed E-state index contributed by atoms with van der Waals surface area (Å²) >= 11 is 21.8. The maximum Gasteiger partial charge on any atom is 0.330 e. The fourth-order valence-corrected chi connectivity index (χ4v) is 22.6. The highest BCUT2D eigenvalue weighted by Gasteiger charge is 2.65. The summed E-state index contributed by atoms with van der Waals surface area (Å²) in [6.07, 6.45) is 13.2. The zero-order valence-corrected chi connectivity index (χ0v) is 51.7. The van der Waals surface area contributed by atoms with E-state index in [0.717, 1.165) is 76.7 Å². The molecule has 8 aliphatic rings. The van der Waals surface area contributed by atoms with Gasteiger partial charge in [0.1, 0.15) is 18.3 Å². The molecule has 8 rings (SSSR count). The van der Waals surface area contributed by atoms with Gasteiger partial charge in [-0.3, -0.25) is 9.59 Å². The van der Waals surface area contributed by atoms with Crippen LogP contribution < -0.4 is 0 Å². The Morgan fingerprint density at radius 1 is 0.609 bits per heavy atom. The van der Waals surface area contributed by atoms with Gasteiger partial charge in [-0.2, -0.15) is 95.8 Å². The largest absolute Gasteiger partial charge is 0.462 e. The lowest BCUT2D eigenvalue weighted by Gasteiger charge is -2.38. The Bertz CT molecular complexity index is 1630. The van der Waals surface area contributed by atoms with E-state index in [-0.39, 0.29) is 63.3 Å². The number of hydrogen-bond acceptors (Lipinski definition) is 15. The summed E-state index contributed by atoms with van der Waals surface area (Å²) in [6.45, 7) is 28.5. The maximum atomic E-state index is 12.6. The minimum Gasteiger partial charge on any atom is -0.462 e. The molecule has 0 aromatic rings. The highest BCUT2D eigenvalue weighted by molar-refractivity contribution is 8.10. The highest BCUT2D eigenvalue weighted by atomic mass is 32.2.